The zero-order chi connectivity index (χ0) is 62.6. The van der Waals surface area contributed by atoms with Gasteiger partial charge in [-0.25, -0.2) is 4.57 Å². The summed E-state index contributed by atoms with van der Waals surface area (Å²) in [6.07, 6.45) is 96.5. The fraction of sp³-hybridized carbons (Fsp3) is 0.658. The normalized spacial score (nSPS) is 14.1. The summed E-state index contributed by atoms with van der Waals surface area (Å²) in [5.74, 6) is -0.806. The number of esters is 2. The smallest absolute Gasteiger partial charge is 0.462 e. The second-order valence-corrected chi connectivity index (χ2v) is 25.3. The maximum Gasteiger partial charge on any atom is 0.472 e. The first-order valence-electron chi connectivity index (χ1n) is 34.6. The number of rotatable bonds is 62. The Kier molecular flexibility index (Phi) is 62.2. The van der Waals surface area contributed by atoms with E-state index in [-0.39, 0.29) is 32.0 Å². The van der Waals surface area contributed by atoms with Gasteiger partial charge in [-0.15, -0.1) is 0 Å². The first-order valence-corrected chi connectivity index (χ1v) is 36.1. The zero-order valence-corrected chi connectivity index (χ0v) is 56.6. The van der Waals surface area contributed by atoms with Crippen LogP contribution in [0.2, 0.25) is 0 Å². The number of hydrogen-bond acceptors (Lipinski definition) is 7. The Bertz CT molecular complexity index is 1960. The number of nitrogens with zero attached hydrogens (tertiary/aromatic N) is 1. The van der Waals surface area contributed by atoms with Crippen LogP contribution in [0.3, 0.4) is 0 Å². The van der Waals surface area contributed by atoms with Crippen LogP contribution in [0.5, 0.6) is 0 Å². The van der Waals surface area contributed by atoms with Gasteiger partial charge in [0.2, 0.25) is 0 Å². The fourth-order valence-electron chi connectivity index (χ4n) is 9.14. The highest BCUT2D eigenvalue weighted by molar-refractivity contribution is 7.47. The molecular formula is C76H129NO8P+. The lowest BCUT2D eigenvalue weighted by molar-refractivity contribution is -0.870. The van der Waals surface area contributed by atoms with Crippen LogP contribution in [0, 0.1) is 0 Å². The van der Waals surface area contributed by atoms with Crippen molar-refractivity contribution in [2.45, 2.75) is 277 Å². The van der Waals surface area contributed by atoms with E-state index in [1.54, 1.807) is 0 Å². The van der Waals surface area contributed by atoms with Gasteiger partial charge in [0, 0.05) is 12.8 Å². The number of allylic oxidation sites excluding steroid dienone is 24. The molecule has 86 heavy (non-hydrogen) atoms. The highest BCUT2D eigenvalue weighted by Gasteiger charge is 2.27. The quantitative estimate of drug-likeness (QED) is 0.0211. The molecular weight excluding hydrogens is 1090 g/mol. The number of quaternary nitrogens is 1. The van der Waals surface area contributed by atoms with Crippen molar-refractivity contribution in [1.82, 2.24) is 0 Å². The van der Waals surface area contributed by atoms with Crippen molar-refractivity contribution in [3.8, 4) is 0 Å². The molecule has 0 aliphatic carbocycles. The SMILES string of the molecule is CC/C=C\C/C=C\C/C=C\C/C=C\C/C=C\C/C=C\C/C=C\C/C=C\CCCCCCCCCCCCC(=O)OC(COC(=O)CCCCCCCCCCCCCCCC/C=C\C/C=C\C/C=C\C/C=C\CC)COP(=O)(O)OCC[N+](C)(C)C. The molecule has 0 heterocycles. The van der Waals surface area contributed by atoms with Crippen LogP contribution in [-0.2, 0) is 32.7 Å². The topological polar surface area (TPSA) is 108 Å². The molecule has 0 spiro atoms. The van der Waals surface area contributed by atoms with Crippen molar-refractivity contribution in [1.29, 1.82) is 0 Å². The van der Waals surface area contributed by atoms with Crippen molar-refractivity contribution in [2.75, 3.05) is 47.5 Å². The Morgan fingerprint density at radius 1 is 0.360 bits per heavy atom. The zero-order valence-electron chi connectivity index (χ0n) is 55.7. The minimum Gasteiger partial charge on any atom is -0.462 e. The Balaban J connectivity index is 4.11. The van der Waals surface area contributed by atoms with Gasteiger partial charge in [0.1, 0.15) is 19.8 Å². The van der Waals surface area contributed by atoms with Crippen molar-refractivity contribution in [3.05, 3.63) is 146 Å². The van der Waals surface area contributed by atoms with Crippen LogP contribution in [0.4, 0.5) is 0 Å². The standard InChI is InChI=1S/C76H128NO8P/c1-6-8-10-12-14-16-18-20-22-24-26-28-30-32-34-35-36-37-38-39-40-41-43-45-47-49-51-53-55-57-59-61-63-65-67-69-76(79)85-74(73-84-86(80,81)83-71-70-77(3,4)5)72-82-75(78)68-66-64-62-60-58-56-54-52-50-48-46-44-42-33-31-29-27-25-23-21-19-17-15-13-11-9-7-2/h8-11,14-17,20-23,26-29,32,34,36-37,39-40,43,45,74H,6-7,12-13,18-19,24-25,30-31,33,35,38,41-42,44,46-73H2,1-5H3/p+1/b10-8-,11-9-,16-14-,17-15-,22-20-,23-21-,28-26-,29-27-,34-32-,37-36-,40-39-,45-43-. The summed E-state index contributed by atoms with van der Waals surface area (Å²) in [5, 5.41) is 0. The van der Waals surface area contributed by atoms with E-state index in [9.17, 15) is 19.0 Å². The van der Waals surface area contributed by atoms with Crippen LogP contribution in [0.1, 0.15) is 271 Å². The molecule has 10 heteroatoms. The van der Waals surface area contributed by atoms with Crippen LogP contribution >= 0.6 is 7.82 Å². The number of ether oxygens (including phenoxy) is 2. The van der Waals surface area contributed by atoms with Gasteiger partial charge in [-0.2, -0.15) is 0 Å². The highest BCUT2D eigenvalue weighted by atomic mass is 31.2. The third-order valence-corrected chi connectivity index (χ3v) is 15.3. The Hall–Kier alpha value is -4.11. The molecule has 0 aromatic rings. The molecule has 0 bridgehead atoms. The molecule has 0 aromatic heterocycles. The molecule has 0 amide bonds. The Labute approximate surface area is 529 Å². The summed E-state index contributed by atoms with van der Waals surface area (Å²) in [4.78, 5) is 35.9. The number of carbonyl (C=O) groups excluding carboxylic acids is 2. The molecule has 1 N–H and O–H groups in total. The summed E-state index contributed by atoms with van der Waals surface area (Å²) >= 11 is 0. The molecule has 2 unspecified atom stereocenters. The van der Waals surface area contributed by atoms with Crippen LogP contribution < -0.4 is 0 Å². The molecule has 0 aliphatic heterocycles. The predicted octanol–water partition coefficient (Wildman–Crippen LogP) is 22.6. The first kappa shape index (κ1) is 81.9. The summed E-state index contributed by atoms with van der Waals surface area (Å²) < 4.78 is 34.7. The van der Waals surface area contributed by atoms with E-state index < -0.39 is 26.5 Å². The van der Waals surface area contributed by atoms with Gasteiger partial charge in [-0.05, 0) is 116 Å². The predicted molar refractivity (Wildman–Crippen MR) is 371 cm³/mol. The monoisotopic (exact) mass is 1210 g/mol. The molecule has 0 fully saturated rings. The van der Waals surface area contributed by atoms with Crippen molar-refractivity contribution in [3.63, 3.8) is 0 Å². The van der Waals surface area contributed by atoms with Gasteiger partial charge in [0.15, 0.2) is 6.10 Å². The summed E-state index contributed by atoms with van der Waals surface area (Å²) in [7, 11) is 1.46. The number of likely N-dealkylation sites (N-methyl/N-ethyl adjacent to an activating group) is 1. The minimum absolute atomic E-state index is 0.0244. The molecule has 0 radical (unpaired) electrons. The average molecular weight is 1220 g/mol. The van der Waals surface area contributed by atoms with Crippen molar-refractivity contribution < 1.29 is 42.1 Å². The molecule has 0 aliphatic rings. The van der Waals surface area contributed by atoms with E-state index in [0.717, 1.165) is 122 Å². The largest absolute Gasteiger partial charge is 0.472 e. The number of phosphoric ester groups is 1. The number of hydrogen-bond donors (Lipinski definition) is 1. The number of carbonyl (C=O) groups is 2. The molecule has 0 saturated heterocycles. The molecule has 0 aromatic carbocycles. The third-order valence-electron chi connectivity index (χ3n) is 14.4. The highest BCUT2D eigenvalue weighted by Crippen LogP contribution is 2.43. The lowest BCUT2D eigenvalue weighted by atomic mass is 10.0. The van der Waals surface area contributed by atoms with Gasteiger partial charge >= 0.3 is 19.8 Å². The van der Waals surface area contributed by atoms with Crippen molar-refractivity contribution in [2.24, 2.45) is 0 Å². The summed E-state index contributed by atoms with van der Waals surface area (Å²) in [6, 6.07) is 0. The molecule has 490 valence electrons. The minimum atomic E-state index is -4.40. The maximum absolute atomic E-state index is 12.9. The summed E-state index contributed by atoms with van der Waals surface area (Å²) in [6.45, 7) is 4.21. The second-order valence-electron chi connectivity index (χ2n) is 23.8. The van der Waals surface area contributed by atoms with Gasteiger partial charge in [0.05, 0.1) is 27.7 Å². The van der Waals surface area contributed by atoms with Gasteiger partial charge < -0.3 is 18.9 Å². The van der Waals surface area contributed by atoms with E-state index in [1.807, 2.05) is 21.1 Å². The first-order chi connectivity index (χ1) is 42.0. The van der Waals surface area contributed by atoms with E-state index in [4.69, 9.17) is 18.5 Å². The lowest BCUT2D eigenvalue weighted by Gasteiger charge is -2.24. The molecule has 2 atom stereocenters. The number of unbranched alkanes of at least 4 members (excludes halogenated alkanes) is 24. The third kappa shape index (κ3) is 69.0. The average Bonchev–Trinajstić information content (AvgIpc) is 3.56. The Morgan fingerprint density at radius 2 is 0.628 bits per heavy atom. The van der Waals surface area contributed by atoms with E-state index in [0.29, 0.717) is 17.4 Å². The lowest BCUT2D eigenvalue weighted by Crippen LogP contribution is -2.37. The van der Waals surface area contributed by atoms with Crippen LogP contribution in [0.25, 0.3) is 0 Å². The number of phosphoric acid groups is 1. The van der Waals surface area contributed by atoms with E-state index >= 15 is 0 Å². The molecule has 0 rings (SSSR count). The van der Waals surface area contributed by atoms with E-state index in [2.05, 4.69) is 160 Å². The Morgan fingerprint density at radius 3 is 0.930 bits per heavy atom. The second kappa shape index (κ2) is 65.3. The summed E-state index contributed by atoms with van der Waals surface area (Å²) in [5.41, 5.74) is 0. The van der Waals surface area contributed by atoms with Crippen LogP contribution in [0.15, 0.2) is 146 Å². The molecule has 0 saturated carbocycles. The van der Waals surface area contributed by atoms with Gasteiger partial charge in [-0.1, -0.05) is 288 Å². The maximum atomic E-state index is 12.9. The van der Waals surface area contributed by atoms with Gasteiger partial charge in [-0.3, -0.25) is 18.6 Å². The van der Waals surface area contributed by atoms with Crippen LogP contribution in [-0.4, -0.2) is 74.9 Å². The molecule has 9 nitrogen and oxygen atoms in total. The van der Waals surface area contributed by atoms with E-state index in [1.165, 1.54) is 116 Å². The fourth-order valence-corrected chi connectivity index (χ4v) is 9.88. The van der Waals surface area contributed by atoms with Gasteiger partial charge in [0.25, 0.3) is 0 Å². The van der Waals surface area contributed by atoms with Crippen molar-refractivity contribution >= 4 is 19.8 Å².